The van der Waals surface area contributed by atoms with Crippen molar-refractivity contribution in [3.8, 4) is 0 Å². The molecular formula is C24H53O3PS2. The molecule has 0 aliphatic rings. The van der Waals surface area contributed by atoms with E-state index < -0.39 is 5.69 Å². The molecule has 0 spiro atoms. The molecule has 0 aromatic heterocycles. The second-order valence-electron chi connectivity index (χ2n) is 8.86. The van der Waals surface area contributed by atoms with Gasteiger partial charge in [-0.05, 0) is 0 Å². The van der Waals surface area contributed by atoms with E-state index in [4.69, 9.17) is 0 Å². The summed E-state index contributed by atoms with van der Waals surface area (Å²) in [6.07, 6.45) is 25.4. The Hall–Kier alpha value is 1.01. The van der Waals surface area contributed by atoms with Crippen LogP contribution in [0.25, 0.3) is 0 Å². The second-order valence-corrected chi connectivity index (χ2v) is 18.1. The summed E-state index contributed by atoms with van der Waals surface area (Å²) in [6.45, 7) is 4.50. The zero-order valence-electron chi connectivity index (χ0n) is 20.2. The van der Waals surface area contributed by atoms with E-state index in [0.29, 0.717) is 11.5 Å². The fourth-order valence-electron chi connectivity index (χ4n) is 3.66. The van der Waals surface area contributed by atoms with Gasteiger partial charge in [-0.2, -0.15) is 0 Å². The molecule has 0 aromatic carbocycles. The van der Waals surface area contributed by atoms with Crippen LogP contribution in [-0.4, -0.2) is 26.2 Å². The summed E-state index contributed by atoms with van der Waals surface area (Å²) in [5.74, 6) is 1.28. The molecule has 0 aliphatic carbocycles. The van der Waals surface area contributed by atoms with E-state index in [-0.39, 0.29) is 0 Å². The maximum atomic E-state index is 10.2. The summed E-state index contributed by atoms with van der Waals surface area (Å²) in [5, 5.41) is 0. The van der Waals surface area contributed by atoms with E-state index in [9.17, 15) is 14.7 Å². The van der Waals surface area contributed by atoms with Gasteiger partial charge in [0.2, 0.25) is 0 Å². The SMILES string of the molecule is CCCCCCCCCCCCSP(O)(O)(O)SCCCCCCCCCCCC. The molecular weight excluding hydrogens is 431 g/mol. The first kappa shape index (κ1) is 31.0. The Labute approximate surface area is 196 Å². The van der Waals surface area contributed by atoms with Crippen molar-refractivity contribution in [2.24, 2.45) is 0 Å². The molecule has 0 fully saturated rings. The topological polar surface area (TPSA) is 60.7 Å². The predicted molar refractivity (Wildman–Crippen MR) is 142 cm³/mol. The maximum absolute atomic E-state index is 10.2. The van der Waals surface area contributed by atoms with Gasteiger partial charge in [0.25, 0.3) is 0 Å². The Kier molecular flexibility index (Phi) is 21.3. The number of unbranched alkanes of at least 4 members (excludes halogenated alkanes) is 18. The van der Waals surface area contributed by atoms with Gasteiger partial charge in [-0.25, -0.2) is 0 Å². The van der Waals surface area contributed by atoms with Crippen LogP contribution < -0.4 is 0 Å². The third-order valence-corrected chi connectivity index (χ3v) is 13.2. The summed E-state index contributed by atoms with van der Waals surface area (Å²) in [7, 11) is 0. The van der Waals surface area contributed by atoms with Gasteiger partial charge in [0, 0.05) is 0 Å². The van der Waals surface area contributed by atoms with E-state index in [1.165, 1.54) is 103 Å². The Morgan fingerprint density at radius 3 is 0.900 bits per heavy atom. The van der Waals surface area contributed by atoms with Gasteiger partial charge in [-0.15, -0.1) is 0 Å². The first-order valence-electron chi connectivity index (χ1n) is 13.0. The molecule has 6 heteroatoms. The van der Waals surface area contributed by atoms with Crippen LogP contribution in [-0.2, 0) is 0 Å². The summed E-state index contributed by atoms with van der Waals surface area (Å²) in [5.41, 5.74) is -4.53. The summed E-state index contributed by atoms with van der Waals surface area (Å²) >= 11 is 2.00. The van der Waals surface area contributed by atoms with Gasteiger partial charge >= 0.3 is 183 Å². The minimum atomic E-state index is -4.53. The molecule has 30 heavy (non-hydrogen) atoms. The number of hydrogen-bond donors (Lipinski definition) is 3. The Morgan fingerprint density at radius 2 is 0.633 bits per heavy atom. The number of rotatable bonds is 24. The fraction of sp³-hybridized carbons (Fsp3) is 1.00. The number of hydrogen-bond acceptors (Lipinski definition) is 5. The minimum absolute atomic E-state index is 0.642. The van der Waals surface area contributed by atoms with Crippen LogP contribution in [0.2, 0.25) is 0 Å². The van der Waals surface area contributed by atoms with Gasteiger partial charge in [0.15, 0.2) is 0 Å². The van der Waals surface area contributed by atoms with Crippen molar-refractivity contribution in [3.63, 3.8) is 0 Å². The zero-order chi connectivity index (χ0) is 22.4. The average molecular weight is 485 g/mol. The first-order chi connectivity index (χ1) is 14.4. The van der Waals surface area contributed by atoms with Crippen molar-refractivity contribution in [1.82, 2.24) is 0 Å². The standard InChI is InChI=1S/C24H53O3PS2/c1-3-5-7-9-11-13-15-17-19-21-23-29-28(25,26,27)30-24-22-20-18-16-14-12-10-8-6-4-2/h25-27H,3-24H2,1-2H3. The third kappa shape index (κ3) is 23.7. The van der Waals surface area contributed by atoms with E-state index in [2.05, 4.69) is 13.8 Å². The molecule has 0 heterocycles. The van der Waals surface area contributed by atoms with Crippen LogP contribution in [0, 0.1) is 0 Å². The van der Waals surface area contributed by atoms with Gasteiger partial charge in [0.05, 0.1) is 0 Å². The molecule has 3 nitrogen and oxygen atoms in total. The van der Waals surface area contributed by atoms with Gasteiger partial charge in [0.1, 0.15) is 0 Å². The Balaban J connectivity index is 3.48. The monoisotopic (exact) mass is 484 g/mol. The van der Waals surface area contributed by atoms with Gasteiger partial charge in [-0.3, -0.25) is 0 Å². The zero-order valence-corrected chi connectivity index (χ0v) is 22.7. The Bertz CT molecular complexity index is 332. The summed E-state index contributed by atoms with van der Waals surface area (Å²) < 4.78 is 0. The summed E-state index contributed by atoms with van der Waals surface area (Å²) in [4.78, 5) is 30.7. The van der Waals surface area contributed by atoms with Gasteiger partial charge in [-0.1, -0.05) is 13.8 Å². The van der Waals surface area contributed by atoms with E-state index in [0.717, 1.165) is 48.4 Å². The van der Waals surface area contributed by atoms with Crippen molar-refractivity contribution < 1.29 is 14.7 Å². The molecule has 0 bridgehead atoms. The van der Waals surface area contributed by atoms with E-state index in [1.54, 1.807) is 0 Å². The van der Waals surface area contributed by atoms with Crippen molar-refractivity contribution in [3.05, 3.63) is 0 Å². The van der Waals surface area contributed by atoms with Crippen LogP contribution in [0.3, 0.4) is 0 Å². The quantitative estimate of drug-likeness (QED) is 0.0940. The van der Waals surface area contributed by atoms with Crippen LogP contribution in [0.5, 0.6) is 0 Å². The summed E-state index contributed by atoms with van der Waals surface area (Å²) in [6, 6.07) is 0. The smallest absolute Gasteiger partial charge is 0.0654 e. The van der Waals surface area contributed by atoms with Crippen molar-refractivity contribution in [2.75, 3.05) is 11.5 Å². The first-order valence-corrected chi connectivity index (χ1v) is 18.2. The minimum Gasteiger partial charge on any atom is -0.0654 e. The molecule has 0 unspecified atom stereocenters. The molecule has 0 atom stereocenters. The van der Waals surface area contributed by atoms with E-state index >= 15 is 0 Å². The molecule has 0 radical (unpaired) electrons. The molecule has 3 N–H and O–H groups in total. The van der Waals surface area contributed by atoms with Crippen LogP contribution in [0.4, 0.5) is 0 Å². The second kappa shape index (κ2) is 20.6. The molecule has 0 saturated heterocycles. The average Bonchev–Trinajstić information content (AvgIpc) is 2.70. The van der Waals surface area contributed by atoms with Crippen molar-refractivity contribution in [2.45, 2.75) is 142 Å². The molecule has 0 rings (SSSR count). The van der Waals surface area contributed by atoms with E-state index in [1.807, 2.05) is 0 Å². The normalized spacial score (nSPS) is 13.4. The molecule has 0 saturated carbocycles. The van der Waals surface area contributed by atoms with Crippen LogP contribution in [0.1, 0.15) is 142 Å². The molecule has 184 valence electrons. The fourth-order valence-corrected chi connectivity index (χ4v) is 9.97. The van der Waals surface area contributed by atoms with Crippen LogP contribution in [0.15, 0.2) is 0 Å². The molecule has 0 aliphatic heterocycles. The molecule has 0 amide bonds. The predicted octanol–water partition coefficient (Wildman–Crippen LogP) is 9.40. The van der Waals surface area contributed by atoms with Crippen molar-refractivity contribution in [1.29, 1.82) is 0 Å². The third-order valence-electron chi connectivity index (χ3n) is 5.63. The Morgan fingerprint density at radius 1 is 0.400 bits per heavy atom. The van der Waals surface area contributed by atoms with Crippen molar-refractivity contribution >= 4 is 28.5 Å². The molecule has 0 aromatic rings. The van der Waals surface area contributed by atoms with Gasteiger partial charge < -0.3 is 0 Å². The van der Waals surface area contributed by atoms with Crippen LogP contribution >= 0.6 is 28.5 Å².